The van der Waals surface area contributed by atoms with Crippen molar-refractivity contribution in [1.29, 1.82) is 0 Å². The Hall–Kier alpha value is -1.95. The molecule has 0 amide bonds. The zero-order valence-electron chi connectivity index (χ0n) is 12.9. The molecule has 3 aromatic rings. The van der Waals surface area contributed by atoms with Gasteiger partial charge in [-0.05, 0) is 0 Å². The van der Waals surface area contributed by atoms with Gasteiger partial charge < -0.3 is 0 Å². The van der Waals surface area contributed by atoms with Crippen molar-refractivity contribution in [2.75, 3.05) is 6.54 Å². The van der Waals surface area contributed by atoms with E-state index in [0.717, 1.165) is 6.54 Å². The third kappa shape index (κ3) is 2.70. The molecule has 0 fully saturated rings. The van der Waals surface area contributed by atoms with Crippen molar-refractivity contribution in [3.63, 3.8) is 0 Å². The zero-order chi connectivity index (χ0) is 15.3. The van der Waals surface area contributed by atoms with Crippen LogP contribution >= 0.6 is 7.41 Å². The Bertz CT molecular complexity index is 599. The van der Waals surface area contributed by atoms with Gasteiger partial charge in [-0.3, -0.25) is 0 Å². The van der Waals surface area contributed by atoms with Gasteiger partial charge in [0.15, 0.2) is 0 Å². The Labute approximate surface area is 133 Å². The van der Waals surface area contributed by atoms with Crippen LogP contribution in [0.5, 0.6) is 0 Å². The molecule has 0 aliphatic rings. The van der Waals surface area contributed by atoms with E-state index in [4.69, 9.17) is 0 Å². The number of nitrogens with one attached hydrogen (secondary N) is 1. The summed E-state index contributed by atoms with van der Waals surface area (Å²) >= 11 is 0. The molecule has 0 bridgehead atoms. The minimum absolute atomic E-state index is 0.949. The van der Waals surface area contributed by atoms with Crippen molar-refractivity contribution >= 4 is 23.3 Å². The van der Waals surface area contributed by atoms with Crippen molar-refractivity contribution in [3.05, 3.63) is 91.0 Å². The quantitative estimate of drug-likeness (QED) is 0.714. The van der Waals surface area contributed by atoms with Gasteiger partial charge in [0, 0.05) is 0 Å². The second-order valence-corrected chi connectivity index (χ2v) is 8.96. The van der Waals surface area contributed by atoms with Crippen LogP contribution < -0.4 is 21.0 Å². The minimum atomic E-state index is -2.17. The molecule has 3 aromatic carbocycles. The molecule has 0 saturated carbocycles. The summed E-state index contributed by atoms with van der Waals surface area (Å²) in [6, 6.07) is 32.7. The van der Waals surface area contributed by atoms with Crippen LogP contribution in [0.25, 0.3) is 0 Å². The predicted molar refractivity (Wildman–Crippen MR) is 100 cm³/mol. The zero-order valence-corrected chi connectivity index (χ0v) is 13.9. The summed E-state index contributed by atoms with van der Waals surface area (Å²) in [5.41, 5.74) is 0. The molecule has 1 nitrogen and oxygen atoms in total. The number of hydrogen-bond donors (Lipinski definition) is 1. The number of benzene rings is 3. The Balaban J connectivity index is 2.29. The summed E-state index contributed by atoms with van der Waals surface area (Å²) in [5, 5.41) is 8.08. The van der Waals surface area contributed by atoms with Crippen LogP contribution in [0.4, 0.5) is 0 Å². The van der Waals surface area contributed by atoms with Crippen molar-refractivity contribution in [2.24, 2.45) is 0 Å². The van der Waals surface area contributed by atoms with Crippen molar-refractivity contribution in [2.45, 2.75) is 6.92 Å². The van der Waals surface area contributed by atoms with Gasteiger partial charge in [-0.1, -0.05) is 0 Å². The van der Waals surface area contributed by atoms with Crippen LogP contribution in [-0.4, -0.2) is 6.54 Å². The van der Waals surface area contributed by atoms with Crippen LogP contribution in [0.1, 0.15) is 6.92 Å². The standard InChI is InChI=1S/C20H22NP/c1-2-21-22(18-12-6-3-7-13-18,19-14-8-4-9-15-19)20-16-10-5-11-17-20/h3-17,21-22H,2H2,1H3. The Morgan fingerprint density at radius 1 is 0.591 bits per heavy atom. The Morgan fingerprint density at radius 3 is 1.18 bits per heavy atom. The molecule has 0 aliphatic heterocycles. The van der Waals surface area contributed by atoms with Crippen LogP contribution in [0.3, 0.4) is 0 Å². The summed E-state index contributed by atoms with van der Waals surface area (Å²) in [5.74, 6) is 0. The molecule has 0 saturated heterocycles. The molecule has 22 heavy (non-hydrogen) atoms. The molecule has 1 N–H and O–H groups in total. The summed E-state index contributed by atoms with van der Waals surface area (Å²) in [6.45, 7) is 3.14. The van der Waals surface area contributed by atoms with Gasteiger partial charge >= 0.3 is 133 Å². The molecule has 112 valence electrons. The fourth-order valence-electron chi connectivity index (χ4n) is 3.14. The number of rotatable bonds is 5. The first-order chi connectivity index (χ1) is 10.9. The van der Waals surface area contributed by atoms with Crippen molar-refractivity contribution < 1.29 is 0 Å². The van der Waals surface area contributed by atoms with E-state index < -0.39 is 7.41 Å². The topological polar surface area (TPSA) is 12.0 Å². The van der Waals surface area contributed by atoms with Gasteiger partial charge in [0.25, 0.3) is 0 Å². The first-order valence-corrected chi connectivity index (χ1v) is 9.79. The van der Waals surface area contributed by atoms with Crippen molar-refractivity contribution in [3.8, 4) is 0 Å². The molecule has 0 aliphatic carbocycles. The molecule has 0 unspecified atom stereocenters. The summed E-state index contributed by atoms with van der Waals surface area (Å²) in [4.78, 5) is 0. The number of hydrogen-bond acceptors (Lipinski definition) is 1. The van der Waals surface area contributed by atoms with Gasteiger partial charge in [0.1, 0.15) is 0 Å². The van der Waals surface area contributed by atoms with E-state index >= 15 is 0 Å². The maximum absolute atomic E-state index is 3.88. The fourth-order valence-corrected chi connectivity index (χ4v) is 7.36. The van der Waals surface area contributed by atoms with E-state index in [2.05, 4.69) is 103 Å². The van der Waals surface area contributed by atoms with E-state index in [-0.39, 0.29) is 0 Å². The normalized spacial score (nSPS) is 12.0. The first-order valence-electron chi connectivity index (χ1n) is 7.79. The molecule has 0 radical (unpaired) electrons. The predicted octanol–water partition coefficient (Wildman–Crippen LogP) is 3.24. The van der Waals surface area contributed by atoms with E-state index in [1.807, 2.05) is 0 Å². The van der Waals surface area contributed by atoms with E-state index in [1.54, 1.807) is 0 Å². The van der Waals surface area contributed by atoms with Crippen LogP contribution in [0, 0.1) is 0 Å². The molecule has 0 spiro atoms. The van der Waals surface area contributed by atoms with E-state index in [9.17, 15) is 0 Å². The average molecular weight is 307 g/mol. The van der Waals surface area contributed by atoms with Crippen LogP contribution in [0.2, 0.25) is 0 Å². The fraction of sp³-hybridized carbons (Fsp3) is 0.100. The molecule has 0 atom stereocenters. The third-order valence-electron chi connectivity index (χ3n) is 4.06. The Kier molecular flexibility index (Phi) is 4.68. The second-order valence-electron chi connectivity index (χ2n) is 5.38. The first kappa shape index (κ1) is 15.0. The maximum atomic E-state index is 3.88. The van der Waals surface area contributed by atoms with Gasteiger partial charge in [-0.15, -0.1) is 0 Å². The van der Waals surface area contributed by atoms with E-state index in [0.29, 0.717) is 0 Å². The van der Waals surface area contributed by atoms with Crippen LogP contribution in [-0.2, 0) is 0 Å². The SMILES string of the molecule is CCN[PH](c1ccccc1)(c1ccccc1)c1ccccc1. The van der Waals surface area contributed by atoms with E-state index in [1.165, 1.54) is 15.9 Å². The summed E-state index contributed by atoms with van der Waals surface area (Å²) in [6.07, 6.45) is 0. The van der Waals surface area contributed by atoms with Gasteiger partial charge in [0.2, 0.25) is 0 Å². The summed E-state index contributed by atoms with van der Waals surface area (Å²) in [7, 11) is -2.17. The Morgan fingerprint density at radius 2 is 0.909 bits per heavy atom. The monoisotopic (exact) mass is 307 g/mol. The van der Waals surface area contributed by atoms with Crippen molar-refractivity contribution in [1.82, 2.24) is 5.09 Å². The molecule has 2 heteroatoms. The molecule has 0 aromatic heterocycles. The van der Waals surface area contributed by atoms with Gasteiger partial charge in [-0.25, -0.2) is 0 Å². The molecule has 3 rings (SSSR count). The second kappa shape index (κ2) is 6.87. The molecular weight excluding hydrogens is 285 g/mol. The van der Waals surface area contributed by atoms with Gasteiger partial charge in [0.05, 0.1) is 0 Å². The summed E-state index contributed by atoms with van der Waals surface area (Å²) < 4.78 is 0. The molecular formula is C20H22NP. The van der Waals surface area contributed by atoms with Gasteiger partial charge in [-0.2, -0.15) is 0 Å². The molecule has 0 heterocycles. The van der Waals surface area contributed by atoms with Crippen LogP contribution in [0.15, 0.2) is 91.0 Å². The third-order valence-corrected chi connectivity index (χ3v) is 8.54. The average Bonchev–Trinajstić information content (AvgIpc) is 2.62.